The van der Waals surface area contributed by atoms with E-state index < -0.39 is 0 Å². The number of aryl methyl sites for hydroxylation is 3. The van der Waals surface area contributed by atoms with Crippen molar-refractivity contribution in [3.63, 3.8) is 0 Å². The van der Waals surface area contributed by atoms with E-state index >= 15 is 0 Å². The second-order valence-corrected chi connectivity index (χ2v) is 7.11. The molecule has 0 fully saturated rings. The van der Waals surface area contributed by atoms with Crippen LogP contribution in [0.3, 0.4) is 0 Å². The van der Waals surface area contributed by atoms with Gasteiger partial charge >= 0.3 is 0 Å². The second-order valence-electron chi connectivity index (χ2n) is 7.11. The van der Waals surface area contributed by atoms with Crippen LogP contribution in [0.1, 0.15) is 55.3 Å². The largest absolute Gasteiger partial charge is 0.493 e. The quantitative estimate of drug-likeness (QED) is 0.817. The van der Waals surface area contributed by atoms with Crippen molar-refractivity contribution >= 4 is 0 Å². The Balaban J connectivity index is 1.98. The van der Waals surface area contributed by atoms with E-state index in [1.54, 1.807) is 0 Å². The molecule has 2 aromatic rings. The van der Waals surface area contributed by atoms with E-state index in [0.717, 1.165) is 30.9 Å². The summed E-state index contributed by atoms with van der Waals surface area (Å²) in [5, 5.41) is 7.28. The molecular formula is C19H28N2O. The SMILES string of the molecule is Cc1ccc(OCCCc2c(C)n[nH]c2C)c(C(C)(C)C)c1. The second kappa shape index (κ2) is 6.55. The third-order valence-electron chi connectivity index (χ3n) is 4.05. The van der Waals surface area contributed by atoms with Crippen molar-refractivity contribution < 1.29 is 4.74 Å². The Morgan fingerprint density at radius 3 is 2.45 bits per heavy atom. The molecule has 1 heterocycles. The van der Waals surface area contributed by atoms with E-state index in [-0.39, 0.29) is 5.41 Å². The molecule has 0 atom stereocenters. The lowest BCUT2D eigenvalue weighted by atomic mass is 9.85. The minimum atomic E-state index is 0.0963. The molecular weight excluding hydrogens is 272 g/mol. The van der Waals surface area contributed by atoms with Gasteiger partial charge in [0, 0.05) is 5.69 Å². The predicted octanol–water partition coefficient (Wildman–Crippen LogP) is 4.64. The molecule has 0 radical (unpaired) electrons. The number of hydrogen-bond donors (Lipinski definition) is 1. The van der Waals surface area contributed by atoms with Crippen molar-refractivity contribution in [2.24, 2.45) is 0 Å². The summed E-state index contributed by atoms with van der Waals surface area (Å²) < 4.78 is 6.07. The summed E-state index contributed by atoms with van der Waals surface area (Å²) in [6.07, 6.45) is 2.00. The zero-order valence-corrected chi connectivity index (χ0v) is 14.7. The summed E-state index contributed by atoms with van der Waals surface area (Å²) in [4.78, 5) is 0. The molecule has 0 bridgehead atoms. The van der Waals surface area contributed by atoms with Crippen molar-refractivity contribution in [1.29, 1.82) is 0 Å². The zero-order chi connectivity index (χ0) is 16.3. The van der Waals surface area contributed by atoms with Gasteiger partial charge in [0.1, 0.15) is 5.75 Å². The number of nitrogens with one attached hydrogen (secondary N) is 1. The fraction of sp³-hybridized carbons (Fsp3) is 0.526. The summed E-state index contributed by atoms with van der Waals surface area (Å²) in [5.41, 5.74) is 6.25. The van der Waals surface area contributed by atoms with Gasteiger partial charge in [0.05, 0.1) is 12.3 Å². The first-order valence-electron chi connectivity index (χ1n) is 8.03. The van der Waals surface area contributed by atoms with Gasteiger partial charge in [0.2, 0.25) is 0 Å². The fourth-order valence-corrected chi connectivity index (χ4v) is 2.73. The molecule has 0 spiro atoms. The Morgan fingerprint density at radius 1 is 1.14 bits per heavy atom. The van der Waals surface area contributed by atoms with Gasteiger partial charge in [-0.15, -0.1) is 0 Å². The molecule has 22 heavy (non-hydrogen) atoms. The van der Waals surface area contributed by atoms with Crippen LogP contribution in [0.2, 0.25) is 0 Å². The highest BCUT2D eigenvalue weighted by atomic mass is 16.5. The topological polar surface area (TPSA) is 37.9 Å². The lowest BCUT2D eigenvalue weighted by molar-refractivity contribution is 0.302. The molecule has 3 heteroatoms. The van der Waals surface area contributed by atoms with E-state index in [9.17, 15) is 0 Å². The Hall–Kier alpha value is -1.77. The number of ether oxygens (including phenoxy) is 1. The summed E-state index contributed by atoms with van der Waals surface area (Å²) in [6.45, 7) is 13.7. The molecule has 0 aliphatic heterocycles. The highest BCUT2D eigenvalue weighted by Gasteiger charge is 2.19. The molecule has 0 aliphatic rings. The van der Waals surface area contributed by atoms with Gasteiger partial charge in [-0.1, -0.05) is 38.5 Å². The third kappa shape index (κ3) is 3.90. The van der Waals surface area contributed by atoms with E-state index in [1.807, 2.05) is 0 Å². The molecule has 0 aliphatic carbocycles. The zero-order valence-electron chi connectivity index (χ0n) is 14.7. The minimum absolute atomic E-state index is 0.0963. The average Bonchev–Trinajstić information content (AvgIpc) is 2.75. The summed E-state index contributed by atoms with van der Waals surface area (Å²) >= 11 is 0. The molecule has 1 N–H and O–H groups in total. The van der Waals surface area contributed by atoms with Gasteiger partial charge in [0.15, 0.2) is 0 Å². The van der Waals surface area contributed by atoms with Crippen molar-refractivity contribution in [2.45, 2.75) is 59.8 Å². The lowest BCUT2D eigenvalue weighted by Crippen LogP contribution is -2.14. The van der Waals surface area contributed by atoms with Gasteiger partial charge in [0.25, 0.3) is 0 Å². The Kier molecular flexibility index (Phi) is 4.94. The van der Waals surface area contributed by atoms with Gasteiger partial charge in [-0.05, 0) is 56.2 Å². The maximum Gasteiger partial charge on any atom is 0.123 e. The molecule has 0 unspecified atom stereocenters. The van der Waals surface area contributed by atoms with Crippen LogP contribution in [0, 0.1) is 20.8 Å². The van der Waals surface area contributed by atoms with Crippen molar-refractivity contribution in [1.82, 2.24) is 10.2 Å². The van der Waals surface area contributed by atoms with Crippen LogP contribution < -0.4 is 4.74 Å². The molecule has 1 aromatic heterocycles. The van der Waals surface area contributed by atoms with Gasteiger partial charge < -0.3 is 4.74 Å². The first kappa shape index (κ1) is 16.6. The number of hydrogen-bond acceptors (Lipinski definition) is 2. The van der Waals surface area contributed by atoms with Gasteiger partial charge in [-0.3, -0.25) is 5.10 Å². The predicted molar refractivity (Wildman–Crippen MR) is 91.8 cm³/mol. The molecule has 0 saturated carbocycles. The van der Waals surface area contributed by atoms with Crippen LogP contribution in [0.15, 0.2) is 18.2 Å². The standard InChI is InChI=1S/C19H28N2O/c1-13-9-10-18(17(12-13)19(4,5)6)22-11-7-8-16-14(2)20-21-15(16)3/h9-10,12H,7-8,11H2,1-6H3,(H,20,21). The Bertz CT molecular complexity index is 616. The van der Waals surface area contributed by atoms with Crippen molar-refractivity contribution in [3.8, 4) is 5.75 Å². The molecule has 2 rings (SSSR count). The molecule has 1 aromatic carbocycles. The van der Waals surface area contributed by atoms with Gasteiger partial charge in [-0.25, -0.2) is 0 Å². The molecule has 0 amide bonds. The smallest absolute Gasteiger partial charge is 0.123 e. The number of rotatable bonds is 5. The Labute approximate surface area is 134 Å². The summed E-state index contributed by atoms with van der Waals surface area (Å²) in [6, 6.07) is 6.46. The number of aromatic amines is 1. The van der Waals surface area contributed by atoms with Crippen molar-refractivity contribution in [3.05, 3.63) is 46.3 Å². The summed E-state index contributed by atoms with van der Waals surface area (Å²) in [7, 11) is 0. The molecule has 3 nitrogen and oxygen atoms in total. The Morgan fingerprint density at radius 2 is 1.86 bits per heavy atom. The number of H-pyrrole nitrogens is 1. The van der Waals surface area contributed by atoms with E-state index in [0.29, 0.717) is 0 Å². The van der Waals surface area contributed by atoms with Crippen molar-refractivity contribution in [2.75, 3.05) is 6.61 Å². The minimum Gasteiger partial charge on any atom is -0.493 e. The highest BCUT2D eigenvalue weighted by Crippen LogP contribution is 2.32. The van der Waals surface area contributed by atoms with Crippen LogP contribution in [-0.2, 0) is 11.8 Å². The van der Waals surface area contributed by atoms with Crippen LogP contribution in [0.4, 0.5) is 0 Å². The number of nitrogens with zero attached hydrogens (tertiary/aromatic N) is 1. The average molecular weight is 300 g/mol. The monoisotopic (exact) mass is 300 g/mol. The highest BCUT2D eigenvalue weighted by molar-refractivity contribution is 5.41. The van der Waals surface area contributed by atoms with Crippen LogP contribution in [0.25, 0.3) is 0 Å². The van der Waals surface area contributed by atoms with Crippen LogP contribution in [-0.4, -0.2) is 16.8 Å². The fourth-order valence-electron chi connectivity index (χ4n) is 2.73. The molecule has 120 valence electrons. The third-order valence-corrected chi connectivity index (χ3v) is 4.05. The van der Waals surface area contributed by atoms with E-state index in [4.69, 9.17) is 4.74 Å². The maximum absolute atomic E-state index is 6.07. The first-order valence-corrected chi connectivity index (χ1v) is 8.03. The van der Waals surface area contributed by atoms with Crippen LogP contribution in [0.5, 0.6) is 5.75 Å². The number of aromatic nitrogens is 2. The normalized spacial score (nSPS) is 11.7. The number of benzene rings is 1. The van der Waals surface area contributed by atoms with E-state index in [1.165, 1.54) is 22.4 Å². The van der Waals surface area contributed by atoms with E-state index in [2.05, 4.69) is 69.9 Å². The lowest BCUT2D eigenvalue weighted by Gasteiger charge is -2.23. The maximum atomic E-state index is 6.07. The summed E-state index contributed by atoms with van der Waals surface area (Å²) in [5.74, 6) is 1.01. The van der Waals surface area contributed by atoms with Crippen LogP contribution >= 0.6 is 0 Å². The van der Waals surface area contributed by atoms with Gasteiger partial charge in [-0.2, -0.15) is 5.10 Å². The first-order chi connectivity index (χ1) is 10.3. The molecule has 0 saturated heterocycles.